The Kier molecular flexibility index (Phi) is 5.82. The molecule has 0 amide bonds. The minimum Gasteiger partial charge on any atom is -0.398 e. The summed E-state index contributed by atoms with van der Waals surface area (Å²) in [6.07, 6.45) is 6.58. The van der Waals surface area contributed by atoms with E-state index in [0.717, 1.165) is 34.4 Å². The highest BCUT2D eigenvalue weighted by Crippen LogP contribution is 2.29. The molecule has 0 radical (unpaired) electrons. The second kappa shape index (κ2) is 7.41. The van der Waals surface area contributed by atoms with Crippen molar-refractivity contribution in [1.82, 2.24) is 4.90 Å². The number of nitrogens with two attached hydrogens (primary N) is 1. The van der Waals surface area contributed by atoms with E-state index in [9.17, 15) is 4.79 Å². The van der Waals surface area contributed by atoms with Gasteiger partial charge in [0.2, 0.25) is 0 Å². The Morgan fingerprint density at radius 2 is 2.00 bits per heavy atom. The van der Waals surface area contributed by atoms with Crippen molar-refractivity contribution in [3.05, 3.63) is 27.7 Å². The summed E-state index contributed by atoms with van der Waals surface area (Å²) in [4.78, 5) is 14.1. The van der Waals surface area contributed by atoms with Gasteiger partial charge in [-0.25, -0.2) is 0 Å². The SMILES string of the molecule is CCN(Cc1cc(C(C)=O)cc(Br)c1N)C1CCCCC1. The van der Waals surface area contributed by atoms with Crippen LogP contribution in [0.5, 0.6) is 0 Å². The number of nitrogens with zero attached hydrogens (tertiary/aromatic N) is 1. The van der Waals surface area contributed by atoms with Crippen LogP contribution in [0.3, 0.4) is 0 Å². The van der Waals surface area contributed by atoms with Crippen LogP contribution in [0.15, 0.2) is 16.6 Å². The Hall–Kier alpha value is -0.870. The van der Waals surface area contributed by atoms with Gasteiger partial charge in [0.15, 0.2) is 5.78 Å². The summed E-state index contributed by atoms with van der Waals surface area (Å²) in [7, 11) is 0. The monoisotopic (exact) mass is 352 g/mol. The molecular weight excluding hydrogens is 328 g/mol. The Labute approximate surface area is 136 Å². The molecular formula is C17H25BrN2O. The second-order valence-electron chi connectivity index (χ2n) is 5.94. The number of anilines is 1. The fourth-order valence-electron chi connectivity index (χ4n) is 3.17. The molecule has 0 saturated heterocycles. The van der Waals surface area contributed by atoms with Gasteiger partial charge in [-0.05, 0) is 59.9 Å². The van der Waals surface area contributed by atoms with Crippen molar-refractivity contribution >= 4 is 27.4 Å². The highest BCUT2D eigenvalue weighted by Gasteiger charge is 2.21. The van der Waals surface area contributed by atoms with Crippen LogP contribution in [-0.2, 0) is 6.54 Å². The first kappa shape index (κ1) is 16.5. The molecule has 1 aliphatic carbocycles. The van der Waals surface area contributed by atoms with Gasteiger partial charge in [0.25, 0.3) is 0 Å². The predicted molar refractivity (Wildman–Crippen MR) is 91.5 cm³/mol. The van der Waals surface area contributed by atoms with Gasteiger partial charge in [0.1, 0.15) is 0 Å². The Bertz CT molecular complexity index is 510. The molecule has 21 heavy (non-hydrogen) atoms. The number of rotatable bonds is 5. The Balaban J connectivity index is 2.21. The molecule has 1 aromatic carbocycles. The van der Waals surface area contributed by atoms with Crippen LogP contribution < -0.4 is 5.73 Å². The van der Waals surface area contributed by atoms with Gasteiger partial charge in [0, 0.05) is 22.6 Å². The lowest BCUT2D eigenvalue weighted by Gasteiger charge is -2.34. The van der Waals surface area contributed by atoms with Crippen LogP contribution in [0.2, 0.25) is 0 Å². The fraction of sp³-hybridized carbons (Fsp3) is 0.588. The summed E-state index contributed by atoms with van der Waals surface area (Å²) in [5.74, 6) is 0.0812. The molecule has 1 aliphatic rings. The third kappa shape index (κ3) is 4.07. The van der Waals surface area contributed by atoms with Gasteiger partial charge in [-0.2, -0.15) is 0 Å². The molecule has 0 spiro atoms. The molecule has 0 bridgehead atoms. The molecule has 0 atom stereocenters. The molecule has 3 nitrogen and oxygen atoms in total. The van der Waals surface area contributed by atoms with Crippen molar-refractivity contribution in [3.63, 3.8) is 0 Å². The zero-order valence-corrected chi connectivity index (χ0v) is 14.6. The van der Waals surface area contributed by atoms with Gasteiger partial charge in [-0.15, -0.1) is 0 Å². The van der Waals surface area contributed by atoms with Crippen molar-refractivity contribution < 1.29 is 4.79 Å². The first-order valence-electron chi connectivity index (χ1n) is 7.85. The number of nitrogen functional groups attached to an aromatic ring is 1. The quantitative estimate of drug-likeness (QED) is 0.631. The third-order valence-electron chi connectivity index (χ3n) is 4.49. The van der Waals surface area contributed by atoms with Crippen LogP contribution in [-0.4, -0.2) is 23.3 Å². The van der Waals surface area contributed by atoms with E-state index in [-0.39, 0.29) is 5.78 Å². The van der Waals surface area contributed by atoms with Crippen molar-refractivity contribution in [2.75, 3.05) is 12.3 Å². The number of carbonyl (C=O) groups excluding carboxylic acids is 1. The number of ketones is 1. The molecule has 116 valence electrons. The van der Waals surface area contributed by atoms with E-state index in [1.54, 1.807) is 6.92 Å². The minimum atomic E-state index is 0.0812. The van der Waals surface area contributed by atoms with Gasteiger partial charge >= 0.3 is 0 Å². The molecule has 0 aromatic heterocycles. The van der Waals surface area contributed by atoms with Gasteiger partial charge in [0.05, 0.1) is 5.69 Å². The molecule has 1 aromatic rings. The number of halogens is 1. The average molecular weight is 353 g/mol. The summed E-state index contributed by atoms with van der Waals surface area (Å²) in [6.45, 7) is 5.65. The standard InChI is InChI=1S/C17H25BrN2O/c1-3-20(15-7-5-4-6-8-15)11-14-9-13(12(2)21)10-16(18)17(14)19/h9-10,15H,3-8,11,19H2,1-2H3. The molecule has 1 saturated carbocycles. The average Bonchev–Trinajstić information content (AvgIpc) is 2.49. The van der Waals surface area contributed by atoms with Crippen LogP contribution in [0.4, 0.5) is 5.69 Å². The van der Waals surface area contributed by atoms with Crippen LogP contribution in [0, 0.1) is 0 Å². The third-order valence-corrected chi connectivity index (χ3v) is 5.15. The van der Waals surface area contributed by atoms with E-state index in [2.05, 4.69) is 27.8 Å². The molecule has 1 fully saturated rings. The number of hydrogen-bond acceptors (Lipinski definition) is 3. The van der Waals surface area contributed by atoms with Gasteiger partial charge < -0.3 is 5.73 Å². The van der Waals surface area contributed by atoms with E-state index in [1.165, 1.54) is 32.1 Å². The van der Waals surface area contributed by atoms with E-state index < -0.39 is 0 Å². The maximum atomic E-state index is 11.6. The highest BCUT2D eigenvalue weighted by molar-refractivity contribution is 9.10. The number of benzene rings is 1. The molecule has 4 heteroatoms. The van der Waals surface area contributed by atoms with E-state index in [4.69, 9.17) is 5.73 Å². The van der Waals surface area contributed by atoms with E-state index in [0.29, 0.717) is 6.04 Å². The second-order valence-corrected chi connectivity index (χ2v) is 6.80. The Morgan fingerprint density at radius 1 is 1.33 bits per heavy atom. The summed E-state index contributed by atoms with van der Waals surface area (Å²) in [5.41, 5.74) is 8.74. The summed E-state index contributed by atoms with van der Waals surface area (Å²) < 4.78 is 0.824. The van der Waals surface area contributed by atoms with Crippen molar-refractivity contribution in [2.24, 2.45) is 0 Å². The normalized spacial score (nSPS) is 16.4. The van der Waals surface area contributed by atoms with Crippen LogP contribution in [0.1, 0.15) is 61.9 Å². The van der Waals surface area contributed by atoms with Crippen molar-refractivity contribution in [3.8, 4) is 0 Å². The summed E-state index contributed by atoms with van der Waals surface area (Å²) >= 11 is 3.48. The lowest BCUT2D eigenvalue weighted by atomic mass is 9.93. The zero-order valence-electron chi connectivity index (χ0n) is 13.0. The molecule has 2 rings (SSSR count). The van der Waals surface area contributed by atoms with Crippen molar-refractivity contribution in [2.45, 2.75) is 58.5 Å². The molecule has 0 aliphatic heterocycles. The molecule has 0 unspecified atom stereocenters. The molecule has 0 heterocycles. The van der Waals surface area contributed by atoms with Crippen LogP contribution >= 0.6 is 15.9 Å². The first-order chi connectivity index (χ1) is 10.0. The lowest BCUT2D eigenvalue weighted by molar-refractivity contribution is 0.101. The summed E-state index contributed by atoms with van der Waals surface area (Å²) in [5, 5.41) is 0. The van der Waals surface area contributed by atoms with E-state index in [1.807, 2.05) is 12.1 Å². The lowest BCUT2D eigenvalue weighted by Crippen LogP contribution is -2.36. The van der Waals surface area contributed by atoms with E-state index >= 15 is 0 Å². The smallest absolute Gasteiger partial charge is 0.159 e. The van der Waals surface area contributed by atoms with Crippen molar-refractivity contribution in [1.29, 1.82) is 0 Å². The topological polar surface area (TPSA) is 46.3 Å². The predicted octanol–water partition coefficient (Wildman–Crippen LogP) is 4.39. The fourth-order valence-corrected chi connectivity index (χ4v) is 3.67. The maximum absolute atomic E-state index is 11.6. The van der Waals surface area contributed by atoms with Gasteiger partial charge in [-0.3, -0.25) is 9.69 Å². The minimum absolute atomic E-state index is 0.0812. The first-order valence-corrected chi connectivity index (χ1v) is 8.65. The number of hydrogen-bond donors (Lipinski definition) is 1. The zero-order chi connectivity index (χ0) is 15.4. The van der Waals surface area contributed by atoms with Crippen LogP contribution in [0.25, 0.3) is 0 Å². The highest BCUT2D eigenvalue weighted by atomic mass is 79.9. The molecule has 2 N–H and O–H groups in total. The largest absolute Gasteiger partial charge is 0.398 e. The van der Waals surface area contributed by atoms with Gasteiger partial charge in [-0.1, -0.05) is 26.2 Å². The summed E-state index contributed by atoms with van der Waals surface area (Å²) in [6, 6.07) is 4.43. The number of Topliss-reactive ketones (excluding diaryl/α,β-unsaturated/α-hetero) is 1. The Morgan fingerprint density at radius 3 is 2.57 bits per heavy atom. The maximum Gasteiger partial charge on any atom is 0.159 e. The number of carbonyl (C=O) groups is 1.